The van der Waals surface area contributed by atoms with E-state index in [0.29, 0.717) is 32.9 Å². The van der Waals surface area contributed by atoms with E-state index in [1.807, 2.05) is 12.1 Å². The first kappa shape index (κ1) is 20.4. The van der Waals surface area contributed by atoms with Crippen LogP contribution < -0.4 is 4.74 Å². The summed E-state index contributed by atoms with van der Waals surface area (Å²) in [6.07, 6.45) is 0. The molecule has 0 radical (unpaired) electrons. The van der Waals surface area contributed by atoms with Crippen molar-refractivity contribution in [3.63, 3.8) is 0 Å². The second-order valence-corrected chi connectivity index (χ2v) is 7.66. The molecule has 0 spiro atoms. The van der Waals surface area contributed by atoms with E-state index in [9.17, 15) is 8.78 Å². The first-order valence-electron chi connectivity index (χ1n) is 8.99. The fourth-order valence-electron chi connectivity index (χ4n) is 2.95. The van der Waals surface area contributed by atoms with E-state index in [1.54, 1.807) is 54.1 Å². The van der Waals surface area contributed by atoms with Gasteiger partial charge in [-0.05, 0) is 48.5 Å². The van der Waals surface area contributed by atoms with Crippen LogP contribution in [0.3, 0.4) is 0 Å². The second-order valence-electron chi connectivity index (χ2n) is 6.31. The maximum atomic E-state index is 14.5. The smallest absolute Gasteiger partial charge is 0.196 e. The average molecular weight is 444 g/mol. The minimum Gasteiger partial charge on any atom is -0.497 e. The van der Waals surface area contributed by atoms with Gasteiger partial charge in [0.15, 0.2) is 11.0 Å². The van der Waals surface area contributed by atoms with Crippen molar-refractivity contribution in [2.75, 3.05) is 7.11 Å². The summed E-state index contributed by atoms with van der Waals surface area (Å²) in [5.41, 5.74) is 1.42. The maximum Gasteiger partial charge on any atom is 0.196 e. The highest BCUT2D eigenvalue weighted by Gasteiger charge is 2.19. The molecule has 4 nitrogen and oxygen atoms in total. The number of halogens is 3. The average Bonchev–Trinajstić information content (AvgIpc) is 3.17. The van der Waals surface area contributed by atoms with Crippen LogP contribution in [-0.2, 0) is 5.75 Å². The fraction of sp³-hybridized carbons (Fsp3) is 0.0909. The zero-order chi connectivity index (χ0) is 21.1. The molecule has 0 atom stereocenters. The number of hydrogen-bond acceptors (Lipinski definition) is 4. The summed E-state index contributed by atoms with van der Waals surface area (Å²) >= 11 is 7.41. The normalized spacial score (nSPS) is 10.9. The van der Waals surface area contributed by atoms with Crippen molar-refractivity contribution in [3.8, 4) is 22.8 Å². The van der Waals surface area contributed by atoms with E-state index >= 15 is 0 Å². The van der Waals surface area contributed by atoms with Gasteiger partial charge in [-0.15, -0.1) is 10.2 Å². The van der Waals surface area contributed by atoms with Crippen LogP contribution in [0.4, 0.5) is 8.78 Å². The summed E-state index contributed by atoms with van der Waals surface area (Å²) in [6, 6.07) is 18.2. The highest BCUT2D eigenvalue weighted by molar-refractivity contribution is 7.98. The first-order chi connectivity index (χ1) is 14.6. The zero-order valence-corrected chi connectivity index (χ0v) is 17.4. The number of rotatable bonds is 6. The molecule has 0 aliphatic rings. The van der Waals surface area contributed by atoms with Crippen molar-refractivity contribution in [2.24, 2.45) is 0 Å². The Kier molecular flexibility index (Phi) is 6.01. The summed E-state index contributed by atoms with van der Waals surface area (Å²) in [4.78, 5) is 0. The van der Waals surface area contributed by atoms with Crippen LogP contribution in [0.2, 0.25) is 5.02 Å². The van der Waals surface area contributed by atoms with Crippen LogP contribution in [0.1, 0.15) is 5.56 Å². The molecule has 0 aliphatic carbocycles. The highest BCUT2D eigenvalue weighted by atomic mass is 35.5. The molecule has 4 aromatic rings. The Balaban J connectivity index is 1.77. The van der Waals surface area contributed by atoms with Gasteiger partial charge < -0.3 is 4.74 Å². The number of ether oxygens (including phenoxy) is 1. The third-order valence-corrected chi connectivity index (χ3v) is 5.80. The minimum atomic E-state index is -0.409. The van der Waals surface area contributed by atoms with E-state index in [2.05, 4.69) is 10.2 Å². The molecule has 0 aliphatic heterocycles. The lowest BCUT2D eigenvalue weighted by molar-refractivity contribution is 0.414. The van der Waals surface area contributed by atoms with Crippen LogP contribution in [-0.4, -0.2) is 21.9 Å². The van der Waals surface area contributed by atoms with Gasteiger partial charge in [-0.2, -0.15) is 0 Å². The standard InChI is InChI=1S/C22H16ClF2N3OS/c1-29-15-11-9-14(10-12-15)28-21(16-5-2-3-7-19(16)24)26-27-22(28)30-13-17-18(23)6-4-8-20(17)25/h2-12H,13H2,1H3. The van der Waals surface area contributed by atoms with E-state index < -0.39 is 5.82 Å². The Morgan fingerprint density at radius 3 is 2.37 bits per heavy atom. The third-order valence-electron chi connectivity index (χ3n) is 4.49. The monoisotopic (exact) mass is 443 g/mol. The van der Waals surface area contributed by atoms with Gasteiger partial charge in [0.05, 0.1) is 18.4 Å². The van der Waals surface area contributed by atoms with Gasteiger partial charge in [-0.25, -0.2) is 8.78 Å². The molecular weight excluding hydrogens is 428 g/mol. The van der Waals surface area contributed by atoms with Crippen molar-refractivity contribution in [1.82, 2.24) is 14.8 Å². The molecule has 30 heavy (non-hydrogen) atoms. The molecule has 0 bridgehead atoms. The van der Waals surface area contributed by atoms with Gasteiger partial charge in [0, 0.05) is 16.3 Å². The first-order valence-corrected chi connectivity index (χ1v) is 10.4. The Hall–Kier alpha value is -2.90. The van der Waals surface area contributed by atoms with Crippen molar-refractivity contribution >= 4 is 23.4 Å². The van der Waals surface area contributed by atoms with Gasteiger partial charge in [-0.3, -0.25) is 4.57 Å². The largest absolute Gasteiger partial charge is 0.497 e. The SMILES string of the molecule is COc1ccc(-n2c(SCc3c(F)cccc3Cl)nnc2-c2ccccc2F)cc1. The number of aromatic nitrogens is 3. The van der Waals surface area contributed by atoms with Crippen molar-refractivity contribution in [3.05, 3.63) is 89.0 Å². The predicted molar refractivity (Wildman–Crippen MR) is 114 cm³/mol. The van der Waals surface area contributed by atoms with Gasteiger partial charge >= 0.3 is 0 Å². The lowest BCUT2D eigenvalue weighted by atomic mass is 10.2. The predicted octanol–water partition coefficient (Wildman–Crippen LogP) is 6.17. The quantitative estimate of drug-likeness (QED) is 0.334. The molecule has 0 saturated carbocycles. The topological polar surface area (TPSA) is 39.9 Å². The molecule has 0 amide bonds. The molecule has 3 aromatic carbocycles. The Morgan fingerprint density at radius 2 is 1.67 bits per heavy atom. The van der Waals surface area contributed by atoms with Crippen molar-refractivity contribution in [1.29, 1.82) is 0 Å². The minimum absolute atomic E-state index is 0.247. The molecule has 152 valence electrons. The number of methoxy groups -OCH3 is 1. The van der Waals surface area contributed by atoms with Crippen LogP contribution >= 0.6 is 23.4 Å². The fourth-order valence-corrected chi connectivity index (χ4v) is 4.25. The number of thioether (sulfide) groups is 1. The molecule has 4 rings (SSSR count). The van der Waals surface area contributed by atoms with Gasteiger partial charge in [0.2, 0.25) is 0 Å². The summed E-state index contributed by atoms with van der Waals surface area (Å²) in [5.74, 6) is 0.483. The summed E-state index contributed by atoms with van der Waals surface area (Å²) < 4.78 is 35.6. The van der Waals surface area contributed by atoms with Gasteiger partial charge in [0.1, 0.15) is 17.4 Å². The van der Waals surface area contributed by atoms with Crippen LogP contribution in [0.15, 0.2) is 71.9 Å². The molecule has 8 heteroatoms. The van der Waals surface area contributed by atoms with Gasteiger partial charge in [-0.1, -0.05) is 41.6 Å². The Labute approximate surface area is 181 Å². The van der Waals surface area contributed by atoms with Crippen LogP contribution in [0, 0.1) is 11.6 Å². The summed E-state index contributed by atoms with van der Waals surface area (Å²) in [5, 5.41) is 9.28. The van der Waals surface area contributed by atoms with Crippen LogP contribution in [0.5, 0.6) is 5.75 Å². The third kappa shape index (κ3) is 4.04. The molecule has 0 N–H and O–H groups in total. The second kappa shape index (κ2) is 8.85. The molecule has 0 saturated heterocycles. The Bertz CT molecular complexity index is 1160. The molecule has 0 fully saturated rings. The lowest BCUT2D eigenvalue weighted by Gasteiger charge is -2.12. The molecule has 0 unspecified atom stereocenters. The van der Waals surface area contributed by atoms with E-state index in [4.69, 9.17) is 16.3 Å². The van der Waals surface area contributed by atoms with Crippen molar-refractivity contribution < 1.29 is 13.5 Å². The van der Waals surface area contributed by atoms with Crippen LogP contribution in [0.25, 0.3) is 17.1 Å². The summed E-state index contributed by atoms with van der Waals surface area (Å²) in [6.45, 7) is 0. The van der Waals surface area contributed by atoms with E-state index in [-0.39, 0.29) is 11.6 Å². The summed E-state index contributed by atoms with van der Waals surface area (Å²) in [7, 11) is 1.58. The molecule has 1 aromatic heterocycles. The number of nitrogens with zero attached hydrogens (tertiary/aromatic N) is 3. The zero-order valence-electron chi connectivity index (χ0n) is 15.8. The molecule has 1 heterocycles. The number of hydrogen-bond donors (Lipinski definition) is 0. The number of benzene rings is 3. The Morgan fingerprint density at radius 1 is 0.933 bits per heavy atom. The molecular formula is C22H16ClF2N3OS. The van der Waals surface area contributed by atoms with Gasteiger partial charge in [0.25, 0.3) is 0 Å². The maximum absolute atomic E-state index is 14.5. The van der Waals surface area contributed by atoms with E-state index in [0.717, 1.165) is 5.69 Å². The van der Waals surface area contributed by atoms with Crippen molar-refractivity contribution in [2.45, 2.75) is 10.9 Å². The highest BCUT2D eigenvalue weighted by Crippen LogP contribution is 2.33. The van der Waals surface area contributed by atoms with E-state index in [1.165, 1.54) is 23.9 Å². The lowest BCUT2D eigenvalue weighted by Crippen LogP contribution is -2.01.